The van der Waals surface area contributed by atoms with E-state index in [2.05, 4.69) is 6.58 Å². The molecule has 2 heteroatoms. The molecule has 0 amide bonds. The Hall–Kier alpha value is -1.44. The van der Waals surface area contributed by atoms with Crippen LogP contribution in [0.1, 0.15) is 18.1 Å². The van der Waals surface area contributed by atoms with Crippen molar-refractivity contribution in [3.63, 3.8) is 0 Å². The molecule has 0 aliphatic rings. The van der Waals surface area contributed by atoms with E-state index in [1.165, 1.54) is 0 Å². The third kappa shape index (κ3) is 1.90. The normalized spacial score (nSPS) is 9.71. The molecule has 0 atom stereocenters. The maximum absolute atomic E-state index is 5.22. The van der Waals surface area contributed by atoms with Gasteiger partial charge in [-0.25, -0.2) is 0 Å². The van der Waals surface area contributed by atoms with Crippen LogP contribution in [0.15, 0.2) is 18.7 Å². The molecule has 2 nitrogen and oxygen atoms in total. The maximum atomic E-state index is 5.22. The molecule has 0 unspecified atom stereocenters. The Morgan fingerprint density at radius 1 is 1.14 bits per heavy atom. The Morgan fingerprint density at radius 2 is 1.64 bits per heavy atom. The molecule has 0 aliphatic carbocycles. The van der Waals surface area contributed by atoms with Gasteiger partial charge in [-0.05, 0) is 37.1 Å². The number of hydrogen-bond donors (Lipinski definition) is 0. The van der Waals surface area contributed by atoms with Gasteiger partial charge in [0.05, 0.1) is 14.2 Å². The largest absolute Gasteiger partial charge is 0.493 e. The van der Waals surface area contributed by atoms with Crippen LogP contribution >= 0.6 is 0 Å². The molecular weight excluding hydrogens is 176 g/mol. The van der Waals surface area contributed by atoms with Gasteiger partial charge in [-0.15, -0.1) is 0 Å². The van der Waals surface area contributed by atoms with Crippen molar-refractivity contribution in [2.75, 3.05) is 14.2 Å². The van der Waals surface area contributed by atoms with E-state index in [9.17, 15) is 0 Å². The highest BCUT2D eigenvalue weighted by Crippen LogP contribution is 2.32. The van der Waals surface area contributed by atoms with Gasteiger partial charge < -0.3 is 9.47 Å². The first-order valence-corrected chi connectivity index (χ1v) is 4.48. The van der Waals surface area contributed by atoms with Crippen LogP contribution in [0.25, 0.3) is 5.57 Å². The third-order valence-corrected chi connectivity index (χ3v) is 2.19. The van der Waals surface area contributed by atoms with Crippen LogP contribution in [0.3, 0.4) is 0 Å². The van der Waals surface area contributed by atoms with Gasteiger partial charge in [0.2, 0.25) is 0 Å². The van der Waals surface area contributed by atoms with Crippen LogP contribution in [0.2, 0.25) is 0 Å². The van der Waals surface area contributed by atoms with Crippen LogP contribution in [0.4, 0.5) is 0 Å². The van der Waals surface area contributed by atoms with Crippen molar-refractivity contribution in [1.29, 1.82) is 0 Å². The monoisotopic (exact) mass is 192 g/mol. The molecule has 76 valence electrons. The van der Waals surface area contributed by atoms with Gasteiger partial charge in [0.25, 0.3) is 0 Å². The third-order valence-electron chi connectivity index (χ3n) is 2.19. The van der Waals surface area contributed by atoms with E-state index < -0.39 is 0 Å². The smallest absolute Gasteiger partial charge is 0.161 e. The zero-order chi connectivity index (χ0) is 10.7. The highest BCUT2D eigenvalue weighted by atomic mass is 16.5. The Morgan fingerprint density at radius 3 is 2.07 bits per heavy atom. The van der Waals surface area contributed by atoms with Crippen molar-refractivity contribution in [2.45, 2.75) is 13.8 Å². The quantitative estimate of drug-likeness (QED) is 0.732. The summed E-state index contributed by atoms with van der Waals surface area (Å²) in [6, 6.07) is 3.92. The van der Waals surface area contributed by atoms with Gasteiger partial charge in [-0.3, -0.25) is 0 Å². The Bertz CT molecular complexity index is 354. The molecule has 14 heavy (non-hydrogen) atoms. The summed E-state index contributed by atoms with van der Waals surface area (Å²) >= 11 is 0. The number of aryl methyl sites for hydroxylation is 1. The van der Waals surface area contributed by atoms with Crippen molar-refractivity contribution >= 4 is 5.57 Å². The zero-order valence-corrected chi connectivity index (χ0v) is 9.18. The van der Waals surface area contributed by atoms with E-state index >= 15 is 0 Å². The van der Waals surface area contributed by atoms with Gasteiger partial charge in [-0.2, -0.15) is 0 Å². The second-order valence-corrected chi connectivity index (χ2v) is 3.30. The second kappa shape index (κ2) is 4.18. The van der Waals surface area contributed by atoms with Gasteiger partial charge in [-0.1, -0.05) is 12.2 Å². The van der Waals surface area contributed by atoms with Gasteiger partial charge in [0.15, 0.2) is 11.5 Å². The first kappa shape index (κ1) is 10.6. The number of methoxy groups -OCH3 is 2. The average Bonchev–Trinajstić information content (AvgIpc) is 2.16. The number of hydrogen-bond acceptors (Lipinski definition) is 2. The van der Waals surface area contributed by atoms with E-state index in [1.54, 1.807) is 14.2 Å². The van der Waals surface area contributed by atoms with Crippen molar-refractivity contribution in [2.24, 2.45) is 0 Å². The lowest BCUT2D eigenvalue weighted by atomic mass is 10.0. The molecule has 1 aromatic rings. The summed E-state index contributed by atoms with van der Waals surface area (Å²) in [5, 5.41) is 0. The minimum atomic E-state index is 0.746. The number of rotatable bonds is 3. The van der Waals surface area contributed by atoms with Crippen molar-refractivity contribution in [3.8, 4) is 11.5 Å². The highest BCUT2D eigenvalue weighted by molar-refractivity contribution is 5.67. The van der Waals surface area contributed by atoms with E-state index in [1.807, 2.05) is 26.0 Å². The standard InChI is InChI=1S/C12H16O2/c1-8(2)10-7-12(14-5)11(13-4)6-9(10)3/h6-7H,1H2,2-5H3. The summed E-state index contributed by atoms with van der Waals surface area (Å²) in [6.45, 7) is 7.93. The van der Waals surface area contributed by atoms with Gasteiger partial charge in [0, 0.05) is 0 Å². The summed E-state index contributed by atoms with van der Waals surface area (Å²) in [6.07, 6.45) is 0. The van der Waals surface area contributed by atoms with E-state index in [0.29, 0.717) is 0 Å². The summed E-state index contributed by atoms with van der Waals surface area (Å²) < 4.78 is 10.4. The van der Waals surface area contributed by atoms with Gasteiger partial charge >= 0.3 is 0 Å². The molecule has 0 saturated heterocycles. The Balaban J connectivity index is 3.30. The SMILES string of the molecule is C=C(C)c1cc(OC)c(OC)cc1C. The summed E-state index contributed by atoms with van der Waals surface area (Å²) in [7, 11) is 3.27. The predicted octanol–water partition coefficient (Wildman–Crippen LogP) is 3.05. The molecule has 0 aromatic heterocycles. The summed E-state index contributed by atoms with van der Waals surface area (Å²) in [5.41, 5.74) is 3.29. The van der Waals surface area contributed by atoms with E-state index in [-0.39, 0.29) is 0 Å². The predicted molar refractivity (Wildman–Crippen MR) is 59.0 cm³/mol. The van der Waals surface area contributed by atoms with E-state index in [4.69, 9.17) is 9.47 Å². The number of allylic oxidation sites excluding steroid dienone is 1. The molecule has 0 fully saturated rings. The molecule has 0 radical (unpaired) electrons. The molecule has 0 aliphatic heterocycles. The fourth-order valence-electron chi connectivity index (χ4n) is 1.44. The second-order valence-electron chi connectivity index (χ2n) is 3.30. The molecule has 0 saturated carbocycles. The fraction of sp³-hybridized carbons (Fsp3) is 0.333. The first-order chi connectivity index (χ1) is 6.60. The van der Waals surface area contributed by atoms with Crippen LogP contribution in [-0.2, 0) is 0 Å². The van der Waals surface area contributed by atoms with Crippen LogP contribution in [0.5, 0.6) is 11.5 Å². The average molecular weight is 192 g/mol. The van der Waals surface area contributed by atoms with Crippen molar-refractivity contribution in [3.05, 3.63) is 29.8 Å². The number of ether oxygens (including phenoxy) is 2. The van der Waals surface area contributed by atoms with Crippen LogP contribution in [-0.4, -0.2) is 14.2 Å². The molecule has 1 aromatic carbocycles. The lowest BCUT2D eigenvalue weighted by molar-refractivity contribution is 0.354. The number of benzene rings is 1. The lowest BCUT2D eigenvalue weighted by Crippen LogP contribution is -1.94. The molecular formula is C12H16O2. The van der Waals surface area contributed by atoms with Crippen LogP contribution in [0, 0.1) is 6.92 Å². The molecule has 0 heterocycles. The topological polar surface area (TPSA) is 18.5 Å². The zero-order valence-electron chi connectivity index (χ0n) is 9.18. The molecule has 0 N–H and O–H groups in total. The molecule has 0 bridgehead atoms. The lowest BCUT2D eigenvalue weighted by Gasteiger charge is -2.12. The van der Waals surface area contributed by atoms with Gasteiger partial charge in [0.1, 0.15) is 0 Å². The summed E-state index contributed by atoms with van der Waals surface area (Å²) in [4.78, 5) is 0. The first-order valence-electron chi connectivity index (χ1n) is 4.48. The maximum Gasteiger partial charge on any atom is 0.161 e. The molecule has 0 spiro atoms. The minimum absolute atomic E-state index is 0.746. The van der Waals surface area contributed by atoms with Crippen LogP contribution < -0.4 is 9.47 Å². The van der Waals surface area contributed by atoms with Crippen molar-refractivity contribution in [1.82, 2.24) is 0 Å². The Kier molecular flexibility index (Phi) is 3.18. The minimum Gasteiger partial charge on any atom is -0.493 e. The summed E-state index contributed by atoms with van der Waals surface area (Å²) in [5.74, 6) is 1.51. The van der Waals surface area contributed by atoms with E-state index in [0.717, 1.165) is 28.2 Å². The Labute approximate surface area is 85.2 Å². The van der Waals surface area contributed by atoms with Crippen molar-refractivity contribution < 1.29 is 9.47 Å². The molecule has 1 rings (SSSR count). The highest BCUT2D eigenvalue weighted by Gasteiger charge is 2.08. The fourth-order valence-corrected chi connectivity index (χ4v) is 1.44.